The summed E-state index contributed by atoms with van der Waals surface area (Å²) in [5, 5.41) is 0. The van der Waals surface area contributed by atoms with Crippen LogP contribution in [0, 0.1) is 23.3 Å². The molecule has 1 unspecified atom stereocenters. The minimum atomic E-state index is -0.942. The molecule has 0 bridgehead atoms. The number of hydrogen-bond donors (Lipinski definition) is 2. The van der Waals surface area contributed by atoms with Gasteiger partial charge in [0.25, 0.3) is 0 Å². The van der Waals surface area contributed by atoms with Gasteiger partial charge < -0.3 is 11.5 Å². The molecule has 2 aromatic rings. The second-order valence-corrected chi connectivity index (χ2v) is 4.93. The molecule has 7 heteroatoms. The predicted molar refractivity (Wildman–Crippen MR) is 73.1 cm³/mol. The zero-order valence-electron chi connectivity index (χ0n) is 10.1. The van der Waals surface area contributed by atoms with Crippen LogP contribution in [0.3, 0.4) is 0 Å². The van der Waals surface area contributed by atoms with Crippen molar-refractivity contribution in [1.29, 1.82) is 0 Å². The van der Waals surface area contributed by atoms with Gasteiger partial charge in [-0.15, -0.1) is 9.24 Å². The van der Waals surface area contributed by atoms with Crippen LogP contribution in [-0.4, -0.2) is 0 Å². The lowest BCUT2D eigenvalue weighted by atomic mass is 10.00. The van der Waals surface area contributed by atoms with Crippen LogP contribution in [0.2, 0.25) is 0 Å². The first-order valence-corrected chi connectivity index (χ1v) is 6.22. The molecular weight excluding hydrogens is 291 g/mol. The van der Waals surface area contributed by atoms with Crippen LogP contribution in [0.1, 0.15) is 16.8 Å². The van der Waals surface area contributed by atoms with Gasteiger partial charge in [0.15, 0.2) is 0 Å². The maximum absolute atomic E-state index is 13.4. The van der Waals surface area contributed by atoms with E-state index in [-0.39, 0.29) is 22.5 Å². The molecule has 2 nitrogen and oxygen atoms in total. The first-order chi connectivity index (χ1) is 9.31. The molecule has 0 spiro atoms. The van der Waals surface area contributed by atoms with Crippen molar-refractivity contribution in [3.05, 3.63) is 58.7 Å². The molecule has 0 aromatic heterocycles. The third-order valence-electron chi connectivity index (χ3n) is 2.92. The largest absolute Gasteiger partial charge is 0.396 e. The third kappa shape index (κ3) is 2.56. The maximum atomic E-state index is 13.4. The Balaban J connectivity index is 2.60. The van der Waals surface area contributed by atoms with Crippen LogP contribution >= 0.6 is 9.24 Å². The van der Waals surface area contributed by atoms with E-state index in [0.29, 0.717) is 12.1 Å². The lowest BCUT2D eigenvalue weighted by molar-refractivity contribution is 0.581. The average Bonchev–Trinajstić information content (AvgIpc) is 2.37. The Morgan fingerprint density at radius 2 is 1.10 bits per heavy atom. The molecule has 0 heterocycles. The van der Waals surface area contributed by atoms with E-state index >= 15 is 0 Å². The van der Waals surface area contributed by atoms with Gasteiger partial charge in [0.2, 0.25) is 0 Å². The van der Waals surface area contributed by atoms with Crippen LogP contribution < -0.4 is 11.5 Å². The second-order valence-electron chi connectivity index (χ2n) is 4.26. The number of nitrogen functional groups attached to an aromatic ring is 2. The Morgan fingerprint density at radius 1 is 0.750 bits per heavy atom. The van der Waals surface area contributed by atoms with Gasteiger partial charge in [-0.05, 0) is 23.3 Å². The molecule has 2 aromatic carbocycles. The highest BCUT2D eigenvalue weighted by molar-refractivity contribution is 7.17. The molecule has 106 valence electrons. The van der Waals surface area contributed by atoms with E-state index in [1.54, 1.807) is 0 Å². The van der Waals surface area contributed by atoms with E-state index in [0.717, 1.165) is 12.1 Å². The molecular formula is C13H11F4N2P. The Hall–Kier alpha value is -1.81. The lowest BCUT2D eigenvalue weighted by Crippen LogP contribution is -2.06. The van der Waals surface area contributed by atoms with Crippen LogP contribution in [0.25, 0.3) is 0 Å². The molecule has 0 saturated heterocycles. The standard InChI is InChI=1S/C13H11F4N2P/c14-5-1-7(11(18)9(16)3-5)13(20)8-2-6(15)4-10(17)12(8)19/h1-4,13H,18-20H2. The van der Waals surface area contributed by atoms with E-state index in [4.69, 9.17) is 11.5 Å². The number of rotatable bonds is 2. The highest BCUT2D eigenvalue weighted by Crippen LogP contribution is 2.39. The fourth-order valence-electron chi connectivity index (χ4n) is 1.89. The zero-order valence-corrected chi connectivity index (χ0v) is 11.3. The number of benzene rings is 2. The highest BCUT2D eigenvalue weighted by Gasteiger charge is 2.20. The summed E-state index contributed by atoms with van der Waals surface area (Å²) in [4.78, 5) is 0. The third-order valence-corrected chi connectivity index (χ3v) is 3.64. The monoisotopic (exact) mass is 302 g/mol. The van der Waals surface area contributed by atoms with Gasteiger partial charge in [-0.3, -0.25) is 0 Å². The normalized spacial score (nSPS) is 11.1. The van der Waals surface area contributed by atoms with Gasteiger partial charge in [0.05, 0.1) is 11.4 Å². The molecule has 0 aliphatic heterocycles. The van der Waals surface area contributed by atoms with Crippen molar-refractivity contribution < 1.29 is 17.6 Å². The first kappa shape index (κ1) is 14.6. The smallest absolute Gasteiger partial charge is 0.149 e. The number of anilines is 2. The zero-order chi connectivity index (χ0) is 15.0. The summed E-state index contributed by atoms with van der Waals surface area (Å²) >= 11 is 0. The number of halogens is 4. The lowest BCUT2D eigenvalue weighted by Gasteiger charge is -2.17. The van der Waals surface area contributed by atoms with E-state index in [9.17, 15) is 17.6 Å². The summed E-state index contributed by atoms with van der Waals surface area (Å²) in [6.07, 6.45) is 0. The summed E-state index contributed by atoms with van der Waals surface area (Å²) in [5.74, 6) is -3.56. The minimum absolute atomic E-state index is 0.0456. The quantitative estimate of drug-likeness (QED) is 0.507. The average molecular weight is 302 g/mol. The number of nitrogens with two attached hydrogens (primary N) is 2. The molecule has 0 radical (unpaired) electrons. The second kappa shape index (κ2) is 5.29. The number of hydrogen-bond acceptors (Lipinski definition) is 2. The van der Waals surface area contributed by atoms with Gasteiger partial charge in [-0.1, -0.05) is 0 Å². The van der Waals surface area contributed by atoms with Gasteiger partial charge in [-0.25, -0.2) is 17.6 Å². The Kier molecular flexibility index (Phi) is 3.86. The Morgan fingerprint density at radius 3 is 1.45 bits per heavy atom. The van der Waals surface area contributed by atoms with Gasteiger partial charge in [-0.2, -0.15) is 0 Å². The fourth-order valence-corrected chi connectivity index (χ4v) is 2.44. The SMILES string of the molecule is Nc1c(F)cc(F)cc1C(P)c1cc(F)cc(F)c1N. The molecule has 0 aliphatic carbocycles. The van der Waals surface area contributed by atoms with Crippen molar-refractivity contribution in [2.75, 3.05) is 11.5 Å². The topological polar surface area (TPSA) is 52.0 Å². The Labute approximate surface area is 115 Å². The van der Waals surface area contributed by atoms with Crippen LogP contribution in [0.15, 0.2) is 24.3 Å². The Bertz CT molecular complexity index is 618. The van der Waals surface area contributed by atoms with Gasteiger partial charge in [0.1, 0.15) is 23.3 Å². The van der Waals surface area contributed by atoms with Crippen LogP contribution in [0.4, 0.5) is 28.9 Å². The molecule has 2 rings (SSSR count). The minimum Gasteiger partial charge on any atom is -0.396 e. The highest BCUT2D eigenvalue weighted by atomic mass is 31.0. The fraction of sp³-hybridized carbons (Fsp3) is 0.0769. The summed E-state index contributed by atoms with van der Waals surface area (Å²) in [5.41, 5.74) is 9.72. The van der Waals surface area contributed by atoms with Crippen molar-refractivity contribution in [3.63, 3.8) is 0 Å². The molecule has 1 atom stereocenters. The molecule has 20 heavy (non-hydrogen) atoms. The molecule has 4 N–H and O–H groups in total. The summed E-state index contributed by atoms with van der Waals surface area (Å²) in [6, 6.07) is 3.26. The van der Waals surface area contributed by atoms with Crippen LogP contribution in [0.5, 0.6) is 0 Å². The first-order valence-electron chi connectivity index (χ1n) is 5.55. The summed E-state index contributed by atoms with van der Waals surface area (Å²) in [7, 11) is 2.22. The van der Waals surface area contributed by atoms with Crippen molar-refractivity contribution in [2.24, 2.45) is 0 Å². The summed E-state index contributed by atoms with van der Waals surface area (Å²) in [6.45, 7) is 0. The van der Waals surface area contributed by atoms with Crippen molar-refractivity contribution in [1.82, 2.24) is 0 Å². The van der Waals surface area contributed by atoms with Crippen molar-refractivity contribution >= 4 is 20.6 Å². The van der Waals surface area contributed by atoms with E-state index < -0.39 is 28.9 Å². The van der Waals surface area contributed by atoms with Gasteiger partial charge in [0, 0.05) is 17.8 Å². The van der Waals surface area contributed by atoms with E-state index in [2.05, 4.69) is 9.24 Å². The maximum Gasteiger partial charge on any atom is 0.149 e. The molecule has 0 aliphatic rings. The molecule has 0 amide bonds. The van der Waals surface area contributed by atoms with Crippen LogP contribution in [-0.2, 0) is 0 Å². The molecule has 0 saturated carbocycles. The van der Waals surface area contributed by atoms with Crippen molar-refractivity contribution in [2.45, 2.75) is 5.66 Å². The van der Waals surface area contributed by atoms with Gasteiger partial charge >= 0.3 is 0 Å². The predicted octanol–water partition coefficient (Wildman–Crippen LogP) is 3.37. The van der Waals surface area contributed by atoms with E-state index in [1.807, 2.05) is 0 Å². The molecule has 0 fully saturated rings. The summed E-state index contributed by atoms with van der Waals surface area (Å²) < 4.78 is 53.4. The van der Waals surface area contributed by atoms with E-state index in [1.165, 1.54) is 0 Å². The van der Waals surface area contributed by atoms with Crippen molar-refractivity contribution in [3.8, 4) is 0 Å².